The first-order valence-electron chi connectivity index (χ1n) is 6.45. The van der Waals surface area contributed by atoms with Gasteiger partial charge in [0.05, 0.1) is 7.11 Å². The van der Waals surface area contributed by atoms with Crippen LogP contribution >= 0.6 is 0 Å². The predicted octanol–water partition coefficient (Wildman–Crippen LogP) is 1.98. The molecule has 0 unspecified atom stereocenters. The van der Waals surface area contributed by atoms with Crippen molar-refractivity contribution in [3.8, 4) is 12.3 Å². The maximum Gasteiger partial charge on any atom is 0.254 e. The van der Waals surface area contributed by atoms with Crippen molar-refractivity contribution in [2.45, 2.75) is 13.5 Å². The Balaban J connectivity index is 3.20. The smallest absolute Gasteiger partial charge is 0.254 e. The number of nitriles is 2. The number of hydrogen-bond acceptors (Lipinski definition) is 8. The van der Waals surface area contributed by atoms with Crippen LogP contribution in [0.15, 0.2) is 39.6 Å². The van der Waals surface area contributed by atoms with Gasteiger partial charge in [0.15, 0.2) is 11.4 Å². The lowest BCUT2D eigenvalue weighted by Crippen LogP contribution is -2.20. The van der Waals surface area contributed by atoms with Crippen LogP contribution in [0.1, 0.15) is 18.1 Å². The molecule has 0 aliphatic rings. The third-order valence-corrected chi connectivity index (χ3v) is 2.59. The Hall–Kier alpha value is -3.39. The summed E-state index contributed by atoms with van der Waals surface area (Å²) in [7, 11) is 2.75. The largest absolute Gasteiger partial charge is 0.479 e. The molecule has 0 heterocycles. The van der Waals surface area contributed by atoms with Crippen LogP contribution in [0.4, 0.5) is 0 Å². The van der Waals surface area contributed by atoms with Crippen molar-refractivity contribution in [2.75, 3.05) is 14.2 Å². The summed E-state index contributed by atoms with van der Waals surface area (Å²) >= 11 is 0. The van der Waals surface area contributed by atoms with Crippen molar-refractivity contribution in [3.05, 3.63) is 35.4 Å². The normalized spacial score (nSPS) is 12.1. The summed E-state index contributed by atoms with van der Waals surface area (Å²) in [5.74, 6) is 0.0125. The molecular weight excluding hydrogens is 298 g/mol. The fourth-order valence-electron chi connectivity index (χ4n) is 1.63. The van der Waals surface area contributed by atoms with E-state index in [-0.39, 0.29) is 23.9 Å². The van der Waals surface area contributed by atoms with Gasteiger partial charge in [0.2, 0.25) is 6.19 Å². The second-order valence-electron chi connectivity index (χ2n) is 4.06. The molecule has 0 saturated heterocycles. The molecule has 0 radical (unpaired) electrons. The van der Waals surface area contributed by atoms with Crippen LogP contribution in [0, 0.1) is 22.8 Å². The van der Waals surface area contributed by atoms with Gasteiger partial charge in [-0.15, -0.1) is 4.99 Å². The first kappa shape index (κ1) is 17.7. The van der Waals surface area contributed by atoms with E-state index < -0.39 is 0 Å². The fraction of sp³-hybridized carbons (Fsp3) is 0.267. The van der Waals surface area contributed by atoms with E-state index in [9.17, 15) is 0 Å². The number of oxime groups is 2. The molecule has 0 atom stereocenters. The summed E-state index contributed by atoms with van der Waals surface area (Å²) in [6.45, 7) is 1.63. The SMILES string of the molecule is CO/N=C(/C(=NC#N)OC)c1ccccc1CO/N=C(/C)C#N. The minimum absolute atomic E-state index is 0.0125. The summed E-state index contributed by atoms with van der Waals surface area (Å²) in [5.41, 5.74) is 1.77. The highest BCUT2D eigenvalue weighted by Crippen LogP contribution is 2.14. The lowest BCUT2D eigenvalue weighted by Gasteiger charge is -2.11. The zero-order valence-electron chi connectivity index (χ0n) is 13.0. The maximum atomic E-state index is 8.74. The highest BCUT2D eigenvalue weighted by Gasteiger charge is 2.18. The number of aliphatic imine (C=N–C) groups is 1. The molecule has 8 heteroatoms. The van der Waals surface area contributed by atoms with Gasteiger partial charge in [0, 0.05) is 11.1 Å². The second-order valence-corrected chi connectivity index (χ2v) is 4.06. The van der Waals surface area contributed by atoms with Crippen molar-refractivity contribution in [1.82, 2.24) is 0 Å². The van der Waals surface area contributed by atoms with E-state index in [1.807, 2.05) is 6.07 Å². The number of methoxy groups -OCH3 is 1. The third-order valence-electron chi connectivity index (χ3n) is 2.59. The summed E-state index contributed by atoms with van der Waals surface area (Å²) in [6, 6.07) is 8.99. The Morgan fingerprint density at radius 1 is 1.17 bits per heavy atom. The summed E-state index contributed by atoms with van der Waals surface area (Å²) in [5, 5.41) is 24.9. The average molecular weight is 313 g/mol. The van der Waals surface area contributed by atoms with Gasteiger partial charge in [-0.05, 0) is 6.92 Å². The fourth-order valence-corrected chi connectivity index (χ4v) is 1.63. The molecule has 0 amide bonds. The average Bonchev–Trinajstić information content (AvgIpc) is 2.58. The first-order valence-corrected chi connectivity index (χ1v) is 6.45. The van der Waals surface area contributed by atoms with Crippen molar-refractivity contribution >= 4 is 17.3 Å². The monoisotopic (exact) mass is 313 g/mol. The van der Waals surface area contributed by atoms with Gasteiger partial charge in [0.25, 0.3) is 5.90 Å². The Labute approximate surface area is 133 Å². The molecule has 0 aliphatic carbocycles. The topological polar surface area (TPSA) is 112 Å². The number of benzene rings is 1. The maximum absolute atomic E-state index is 8.74. The van der Waals surface area contributed by atoms with Crippen molar-refractivity contribution in [3.63, 3.8) is 0 Å². The van der Waals surface area contributed by atoms with E-state index in [0.717, 1.165) is 0 Å². The van der Waals surface area contributed by atoms with E-state index in [4.69, 9.17) is 24.9 Å². The molecule has 0 fully saturated rings. The van der Waals surface area contributed by atoms with Crippen LogP contribution in [-0.4, -0.2) is 31.5 Å². The molecule has 1 aromatic carbocycles. The van der Waals surface area contributed by atoms with Crippen LogP contribution in [0.25, 0.3) is 0 Å². The molecule has 1 rings (SSSR count). The summed E-state index contributed by atoms with van der Waals surface area (Å²) in [6.07, 6.45) is 1.65. The molecule has 118 valence electrons. The molecule has 1 aromatic rings. The molecule has 0 saturated carbocycles. The molecule has 0 aromatic heterocycles. The zero-order valence-corrected chi connectivity index (χ0v) is 13.0. The van der Waals surface area contributed by atoms with Gasteiger partial charge >= 0.3 is 0 Å². The van der Waals surface area contributed by atoms with Crippen LogP contribution in [-0.2, 0) is 21.0 Å². The molecule has 0 aliphatic heterocycles. The van der Waals surface area contributed by atoms with E-state index >= 15 is 0 Å². The molecule has 8 nitrogen and oxygen atoms in total. The second kappa shape index (κ2) is 9.53. The third kappa shape index (κ3) is 5.14. The van der Waals surface area contributed by atoms with Crippen molar-refractivity contribution < 1.29 is 14.4 Å². The van der Waals surface area contributed by atoms with E-state index in [1.165, 1.54) is 21.1 Å². The Kier molecular flexibility index (Phi) is 7.32. The van der Waals surface area contributed by atoms with Gasteiger partial charge < -0.3 is 14.4 Å². The minimum Gasteiger partial charge on any atom is -0.479 e. The van der Waals surface area contributed by atoms with Gasteiger partial charge in [-0.2, -0.15) is 10.5 Å². The van der Waals surface area contributed by atoms with E-state index in [2.05, 4.69) is 15.3 Å². The van der Waals surface area contributed by atoms with E-state index in [0.29, 0.717) is 11.1 Å². The minimum atomic E-state index is 0.0125. The van der Waals surface area contributed by atoms with Crippen LogP contribution in [0.5, 0.6) is 0 Å². The number of nitrogens with zero attached hydrogens (tertiary/aromatic N) is 5. The molecule has 23 heavy (non-hydrogen) atoms. The summed E-state index contributed by atoms with van der Waals surface area (Å²) < 4.78 is 5.08. The lowest BCUT2D eigenvalue weighted by atomic mass is 10.0. The molecule has 0 N–H and O–H groups in total. The summed E-state index contributed by atoms with van der Waals surface area (Å²) in [4.78, 5) is 13.5. The van der Waals surface area contributed by atoms with Crippen LogP contribution in [0.3, 0.4) is 0 Å². The predicted molar refractivity (Wildman–Crippen MR) is 83.6 cm³/mol. The van der Waals surface area contributed by atoms with Crippen molar-refractivity contribution in [1.29, 1.82) is 10.5 Å². The van der Waals surface area contributed by atoms with Gasteiger partial charge in [-0.25, -0.2) is 0 Å². The highest BCUT2D eigenvalue weighted by atomic mass is 16.6. The van der Waals surface area contributed by atoms with E-state index in [1.54, 1.807) is 30.5 Å². The molecule has 0 bridgehead atoms. The standard InChI is InChI=1S/C15H15N5O3/c1-11(8-16)19-23-9-12-6-4-5-7-13(12)14(20-22-3)15(21-2)18-10-17/h4-7H,9H2,1-3H3/b18-15?,19-11-,20-14+. The number of hydrogen-bond donors (Lipinski definition) is 0. The Bertz CT molecular complexity index is 711. The van der Waals surface area contributed by atoms with Crippen LogP contribution < -0.4 is 0 Å². The quantitative estimate of drug-likeness (QED) is 0.345. The van der Waals surface area contributed by atoms with Gasteiger partial charge in [0.1, 0.15) is 19.8 Å². The van der Waals surface area contributed by atoms with Gasteiger partial charge in [-0.3, -0.25) is 0 Å². The number of ether oxygens (including phenoxy) is 1. The lowest BCUT2D eigenvalue weighted by molar-refractivity contribution is 0.130. The Morgan fingerprint density at radius 3 is 2.52 bits per heavy atom. The molecular formula is C15H15N5O3. The first-order chi connectivity index (χ1) is 11.2. The Morgan fingerprint density at radius 2 is 1.91 bits per heavy atom. The van der Waals surface area contributed by atoms with Gasteiger partial charge in [-0.1, -0.05) is 34.6 Å². The highest BCUT2D eigenvalue weighted by molar-refractivity contribution is 6.45. The van der Waals surface area contributed by atoms with Crippen LogP contribution in [0.2, 0.25) is 0 Å². The number of rotatable bonds is 6. The van der Waals surface area contributed by atoms with Crippen molar-refractivity contribution in [2.24, 2.45) is 15.3 Å². The zero-order chi connectivity index (χ0) is 17.1. The molecule has 0 spiro atoms.